The second kappa shape index (κ2) is 7.50. The highest BCUT2D eigenvalue weighted by molar-refractivity contribution is 7.12. The number of nitrogens with one attached hydrogen (secondary N) is 3. The number of hydrogen-bond acceptors (Lipinski definition) is 4. The first kappa shape index (κ1) is 19.4. The first-order chi connectivity index (χ1) is 13.4. The van der Waals surface area contributed by atoms with Crippen LogP contribution in [0.1, 0.15) is 62.0 Å². The second-order valence-electron chi connectivity index (χ2n) is 9.31. The van der Waals surface area contributed by atoms with Gasteiger partial charge < -0.3 is 5.32 Å². The quantitative estimate of drug-likeness (QED) is 0.661. The van der Waals surface area contributed by atoms with Crippen LogP contribution in [0.2, 0.25) is 0 Å². The van der Waals surface area contributed by atoms with E-state index >= 15 is 0 Å². The minimum atomic E-state index is -0.663. The highest BCUT2D eigenvalue weighted by atomic mass is 32.1. The number of carbonyl (C=O) groups excluding carboxylic acids is 3. The maximum Gasteiger partial charge on any atom is 0.279 e. The van der Waals surface area contributed by atoms with Crippen molar-refractivity contribution >= 4 is 29.1 Å². The third kappa shape index (κ3) is 3.69. The van der Waals surface area contributed by atoms with Crippen molar-refractivity contribution in [3.05, 3.63) is 22.4 Å². The summed E-state index contributed by atoms with van der Waals surface area (Å²) in [6.45, 7) is 3.82. The van der Waals surface area contributed by atoms with Crippen LogP contribution in [-0.4, -0.2) is 23.8 Å². The third-order valence-electron chi connectivity index (χ3n) is 6.80. The summed E-state index contributed by atoms with van der Waals surface area (Å²) in [5.41, 5.74) is 4.64. The first-order valence-corrected chi connectivity index (χ1v) is 11.2. The summed E-state index contributed by atoms with van der Waals surface area (Å²) in [5.74, 6) is 1.26. The van der Waals surface area contributed by atoms with E-state index in [1.165, 1.54) is 30.6 Å². The summed E-state index contributed by atoms with van der Waals surface area (Å²) in [4.78, 5) is 38.5. The molecular formula is C21H29N3O3S. The summed E-state index contributed by atoms with van der Waals surface area (Å²) >= 11 is 1.31. The van der Waals surface area contributed by atoms with Gasteiger partial charge in [0.15, 0.2) is 0 Å². The van der Waals surface area contributed by atoms with Crippen LogP contribution in [0.15, 0.2) is 17.5 Å². The molecular weight excluding hydrogens is 374 g/mol. The molecule has 0 aromatic carbocycles. The fraction of sp³-hybridized carbons (Fsp3) is 0.667. The van der Waals surface area contributed by atoms with Crippen molar-refractivity contribution in [2.45, 2.75) is 58.4 Å². The molecule has 3 N–H and O–H groups in total. The monoisotopic (exact) mass is 403 g/mol. The lowest BCUT2D eigenvalue weighted by Gasteiger charge is -2.55. The van der Waals surface area contributed by atoms with E-state index in [-0.39, 0.29) is 29.1 Å². The molecule has 6 nitrogen and oxygen atoms in total. The predicted molar refractivity (Wildman–Crippen MR) is 107 cm³/mol. The van der Waals surface area contributed by atoms with E-state index in [0.717, 1.165) is 19.3 Å². The summed E-state index contributed by atoms with van der Waals surface area (Å²) < 4.78 is 0. The van der Waals surface area contributed by atoms with E-state index in [1.54, 1.807) is 17.5 Å². The van der Waals surface area contributed by atoms with Crippen LogP contribution in [0.4, 0.5) is 0 Å². The lowest BCUT2D eigenvalue weighted by atomic mass is 9.49. The Balaban J connectivity index is 1.38. The normalized spacial score (nSPS) is 31.5. The average molecular weight is 404 g/mol. The van der Waals surface area contributed by atoms with Crippen molar-refractivity contribution in [1.29, 1.82) is 0 Å². The van der Waals surface area contributed by atoms with Gasteiger partial charge in [0.2, 0.25) is 5.91 Å². The zero-order valence-electron chi connectivity index (χ0n) is 16.5. The highest BCUT2D eigenvalue weighted by Gasteiger charge is 2.55. The van der Waals surface area contributed by atoms with Gasteiger partial charge in [0, 0.05) is 5.41 Å². The molecule has 152 valence electrons. The molecule has 0 aliphatic heterocycles. The molecule has 4 aliphatic rings. The minimum absolute atomic E-state index is 0.0324. The van der Waals surface area contributed by atoms with E-state index in [2.05, 4.69) is 16.2 Å². The maximum atomic E-state index is 13.3. The molecule has 1 heterocycles. The summed E-state index contributed by atoms with van der Waals surface area (Å²) in [6.07, 6.45) is 6.71. The highest BCUT2D eigenvalue weighted by Crippen LogP contribution is 2.60. The van der Waals surface area contributed by atoms with Gasteiger partial charge in [-0.05, 0) is 73.6 Å². The molecule has 0 unspecified atom stereocenters. The number of rotatable bonds is 5. The van der Waals surface area contributed by atoms with E-state index < -0.39 is 6.04 Å². The Hall–Kier alpha value is -1.89. The fourth-order valence-corrected chi connectivity index (χ4v) is 6.50. The smallest absolute Gasteiger partial charge is 0.279 e. The van der Waals surface area contributed by atoms with Crippen molar-refractivity contribution in [3.8, 4) is 0 Å². The lowest BCUT2D eigenvalue weighted by molar-refractivity contribution is -0.149. The van der Waals surface area contributed by atoms with Crippen molar-refractivity contribution in [2.75, 3.05) is 0 Å². The molecule has 1 aromatic heterocycles. The van der Waals surface area contributed by atoms with E-state index in [0.29, 0.717) is 22.6 Å². The second-order valence-corrected chi connectivity index (χ2v) is 10.3. The Labute approximate surface area is 169 Å². The number of hydrazine groups is 1. The SMILES string of the molecule is CC(C)[C@@H](NC(=O)C12CC3CC(CC(C3)C1)C2)C(=O)NNC(=O)c1cccs1. The summed E-state index contributed by atoms with van der Waals surface area (Å²) in [5, 5.41) is 4.84. The molecule has 4 fully saturated rings. The van der Waals surface area contributed by atoms with Crippen LogP contribution in [0.25, 0.3) is 0 Å². The molecule has 7 heteroatoms. The Morgan fingerprint density at radius 2 is 1.64 bits per heavy atom. The number of thiophene rings is 1. The molecule has 1 aromatic rings. The van der Waals surface area contributed by atoms with Gasteiger partial charge in [-0.15, -0.1) is 11.3 Å². The van der Waals surface area contributed by atoms with Gasteiger partial charge in [0.25, 0.3) is 11.8 Å². The molecule has 4 aliphatic carbocycles. The standard InChI is InChI=1S/C21H29N3O3S/c1-12(2)17(19(26)24-23-18(25)16-4-3-5-28-16)22-20(27)21-9-13-6-14(10-21)8-15(7-13)11-21/h3-5,12-15,17H,6-11H2,1-2H3,(H,22,27)(H,23,25)(H,24,26)/t13?,14?,15?,17-,21?/m1/s1. The van der Waals surface area contributed by atoms with Crippen LogP contribution in [-0.2, 0) is 9.59 Å². The van der Waals surface area contributed by atoms with E-state index in [9.17, 15) is 14.4 Å². The zero-order chi connectivity index (χ0) is 19.9. The molecule has 0 saturated heterocycles. The van der Waals surface area contributed by atoms with Gasteiger partial charge in [0.1, 0.15) is 6.04 Å². The molecule has 5 rings (SSSR count). The summed E-state index contributed by atoms with van der Waals surface area (Å²) in [6, 6.07) is 2.81. The van der Waals surface area contributed by atoms with E-state index in [1.807, 2.05) is 13.8 Å². The lowest BCUT2D eigenvalue weighted by Crippen LogP contribution is -2.59. The summed E-state index contributed by atoms with van der Waals surface area (Å²) in [7, 11) is 0. The molecule has 3 amide bonds. The average Bonchev–Trinajstić information content (AvgIpc) is 3.17. The number of amides is 3. The Morgan fingerprint density at radius 3 is 2.14 bits per heavy atom. The van der Waals surface area contributed by atoms with Gasteiger partial charge in [-0.1, -0.05) is 19.9 Å². The third-order valence-corrected chi connectivity index (χ3v) is 7.67. The van der Waals surface area contributed by atoms with E-state index in [4.69, 9.17) is 0 Å². The Bertz CT molecular complexity index is 724. The van der Waals surface area contributed by atoms with Crippen molar-refractivity contribution < 1.29 is 14.4 Å². The maximum absolute atomic E-state index is 13.3. The minimum Gasteiger partial charge on any atom is -0.344 e. The zero-order valence-corrected chi connectivity index (χ0v) is 17.3. The van der Waals surface area contributed by atoms with Crippen LogP contribution >= 0.6 is 11.3 Å². The van der Waals surface area contributed by atoms with Gasteiger partial charge >= 0.3 is 0 Å². The van der Waals surface area contributed by atoms with Crippen molar-refractivity contribution in [2.24, 2.45) is 29.1 Å². The van der Waals surface area contributed by atoms with Crippen molar-refractivity contribution in [3.63, 3.8) is 0 Å². The van der Waals surface area contributed by atoms with Crippen LogP contribution < -0.4 is 16.2 Å². The Kier molecular flexibility index (Phi) is 5.21. The topological polar surface area (TPSA) is 87.3 Å². The molecule has 28 heavy (non-hydrogen) atoms. The van der Waals surface area contributed by atoms with Gasteiger partial charge in [-0.2, -0.15) is 0 Å². The largest absolute Gasteiger partial charge is 0.344 e. The molecule has 4 saturated carbocycles. The number of carbonyl (C=O) groups is 3. The molecule has 0 radical (unpaired) electrons. The van der Waals surface area contributed by atoms with Gasteiger partial charge in [0.05, 0.1) is 4.88 Å². The first-order valence-electron chi connectivity index (χ1n) is 10.3. The van der Waals surface area contributed by atoms with Gasteiger partial charge in [-0.25, -0.2) is 0 Å². The van der Waals surface area contributed by atoms with Crippen LogP contribution in [0.5, 0.6) is 0 Å². The molecule has 0 spiro atoms. The van der Waals surface area contributed by atoms with Gasteiger partial charge in [-0.3, -0.25) is 25.2 Å². The fourth-order valence-electron chi connectivity index (χ4n) is 5.88. The predicted octanol–water partition coefficient (Wildman–Crippen LogP) is 2.87. The van der Waals surface area contributed by atoms with Crippen molar-refractivity contribution in [1.82, 2.24) is 16.2 Å². The molecule has 1 atom stereocenters. The number of hydrogen-bond donors (Lipinski definition) is 3. The van der Waals surface area contributed by atoms with Crippen LogP contribution in [0.3, 0.4) is 0 Å². The Morgan fingerprint density at radius 1 is 1.04 bits per heavy atom. The van der Waals surface area contributed by atoms with Crippen LogP contribution in [0, 0.1) is 29.1 Å². The molecule has 4 bridgehead atoms.